The van der Waals surface area contributed by atoms with Crippen LogP contribution in [-0.4, -0.2) is 30.7 Å². The van der Waals surface area contributed by atoms with Crippen LogP contribution in [-0.2, 0) is 24.1 Å². The van der Waals surface area contributed by atoms with Crippen molar-refractivity contribution < 1.29 is 9.53 Å². The Balaban J connectivity index is 1.96. The van der Waals surface area contributed by atoms with Gasteiger partial charge in [-0.15, -0.1) is 0 Å². The molecule has 1 aliphatic carbocycles. The molecule has 0 unspecified atom stereocenters. The van der Waals surface area contributed by atoms with Gasteiger partial charge >= 0.3 is 0 Å². The van der Waals surface area contributed by atoms with E-state index in [4.69, 9.17) is 4.74 Å². The number of methoxy groups -OCH3 is 1. The summed E-state index contributed by atoms with van der Waals surface area (Å²) in [5, 5.41) is 3.00. The van der Waals surface area contributed by atoms with Gasteiger partial charge in [-0.05, 0) is 56.2 Å². The topological polar surface area (TPSA) is 43.3 Å². The van der Waals surface area contributed by atoms with Crippen LogP contribution in [0.25, 0.3) is 0 Å². The highest BCUT2D eigenvalue weighted by Crippen LogP contribution is 2.30. The van der Waals surface area contributed by atoms with Crippen LogP contribution in [0.1, 0.15) is 51.3 Å². The molecule has 4 nitrogen and oxygen atoms in total. The Morgan fingerprint density at radius 3 is 2.60 bits per heavy atom. The highest BCUT2D eigenvalue weighted by atomic mass is 16.5. The largest absolute Gasteiger partial charge is 0.383 e. The van der Waals surface area contributed by atoms with Crippen molar-refractivity contribution in [1.82, 2.24) is 9.88 Å². The number of fused-ring (bicyclic) bond motifs is 1. The molecule has 0 atom stereocenters. The van der Waals surface area contributed by atoms with E-state index in [1.165, 1.54) is 35.2 Å². The fraction of sp³-hybridized carbons (Fsp3) is 0.476. The van der Waals surface area contributed by atoms with Crippen LogP contribution in [0.2, 0.25) is 0 Å². The minimum Gasteiger partial charge on any atom is -0.383 e. The van der Waals surface area contributed by atoms with Crippen molar-refractivity contribution in [1.29, 1.82) is 0 Å². The number of ether oxygens (including phenoxy) is 1. The number of hydrogen-bond donors (Lipinski definition) is 1. The number of carbonyl (C=O) groups is 1. The van der Waals surface area contributed by atoms with E-state index in [-0.39, 0.29) is 5.91 Å². The second-order valence-electron chi connectivity index (χ2n) is 6.93. The van der Waals surface area contributed by atoms with Gasteiger partial charge in [-0.3, -0.25) is 4.79 Å². The van der Waals surface area contributed by atoms with Crippen molar-refractivity contribution in [3.05, 3.63) is 57.9 Å². The molecule has 0 saturated heterocycles. The van der Waals surface area contributed by atoms with E-state index in [1.807, 2.05) is 0 Å². The monoisotopic (exact) mass is 340 g/mol. The van der Waals surface area contributed by atoms with E-state index in [0.29, 0.717) is 13.2 Å². The molecule has 134 valence electrons. The van der Waals surface area contributed by atoms with E-state index in [9.17, 15) is 4.79 Å². The van der Waals surface area contributed by atoms with Gasteiger partial charge in [0.25, 0.3) is 5.91 Å². The van der Waals surface area contributed by atoms with Crippen molar-refractivity contribution >= 4 is 5.91 Å². The predicted molar refractivity (Wildman–Crippen MR) is 100 cm³/mol. The van der Waals surface area contributed by atoms with Gasteiger partial charge in [-0.2, -0.15) is 0 Å². The number of hydrogen-bond acceptors (Lipinski definition) is 2. The fourth-order valence-corrected chi connectivity index (χ4v) is 3.77. The molecule has 0 bridgehead atoms. The number of rotatable bonds is 6. The van der Waals surface area contributed by atoms with Gasteiger partial charge in [-0.1, -0.05) is 29.8 Å². The summed E-state index contributed by atoms with van der Waals surface area (Å²) in [6.45, 7) is 6.02. The van der Waals surface area contributed by atoms with Crippen LogP contribution >= 0.6 is 0 Å². The van der Waals surface area contributed by atoms with E-state index >= 15 is 0 Å². The van der Waals surface area contributed by atoms with Gasteiger partial charge in [0.15, 0.2) is 0 Å². The zero-order valence-electron chi connectivity index (χ0n) is 15.5. The van der Waals surface area contributed by atoms with Gasteiger partial charge in [0.2, 0.25) is 0 Å². The molecule has 0 saturated carbocycles. The maximum absolute atomic E-state index is 12.8. The van der Waals surface area contributed by atoms with Gasteiger partial charge < -0.3 is 14.6 Å². The highest BCUT2D eigenvalue weighted by Gasteiger charge is 2.26. The summed E-state index contributed by atoms with van der Waals surface area (Å²) < 4.78 is 7.30. The first-order valence-electron chi connectivity index (χ1n) is 9.15. The third-order valence-electron chi connectivity index (χ3n) is 5.11. The Bertz CT molecular complexity index is 744. The number of carbonyl (C=O) groups excluding carboxylic acids is 1. The smallest absolute Gasteiger partial charge is 0.268 e. The molecule has 1 aromatic carbocycles. The zero-order chi connectivity index (χ0) is 17.8. The van der Waals surface area contributed by atoms with Gasteiger partial charge in [-0.25, -0.2) is 0 Å². The molecule has 1 aromatic heterocycles. The molecule has 0 spiro atoms. The number of benzene rings is 1. The SMILES string of the molecule is COCCNC(=O)c1c(C)c2c(n1Cc1ccc(C)cc1)CCCC2. The number of aromatic nitrogens is 1. The second-order valence-corrected chi connectivity index (χ2v) is 6.93. The zero-order valence-corrected chi connectivity index (χ0v) is 15.5. The molecule has 3 rings (SSSR count). The van der Waals surface area contributed by atoms with E-state index in [2.05, 4.69) is 48.0 Å². The van der Waals surface area contributed by atoms with Crippen LogP contribution < -0.4 is 5.32 Å². The minimum atomic E-state index is 0.0102. The summed E-state index contributed by atoms with van der Waals surface area (Å²) in [5.41, 5.74) is 7.20. The van der Waals surface area contributed by atoms with Gasteiger partial charge in [0, 0.05) is 25.9 Å². The molecule has 2 aromatic rings. The summed E-state index contributed by atoms with van der Waals surface area (Å²) in [5.74, 6) is 0.0102. The minimum absolute atomic E-state index is 0.0102. The summed E-state index contributed by atoms with van der Waals surface area (Å²) in [6, 6.07) is 8.59. The molecule has 1 aliphatic rings. The number of nitrogens with zero attached hydrogens (tertiary/aromatic N) is 1. The Morgan fingerprint density at radius 2 is 1.88 bits per heavy atom. The summed E-state index contributed by atoms with van der Waals surface area (Å²) in [4.78, 5) is 12.8. The van der Waals surface area contributed by atoms with Crippen LogP contribution in [0.3, 0.4) is 0 Å². The standard InChI is InChI=1S/C21H28N2O2/c1-15-8-10-17(11-9-15)14-23-19-7-5-4-6-18(19)16(2)20(23)21(24)22-12-13-25-3/h8-11H,4-7,12-14H2,1-3H3,(H,22,24). The maximum Gasteiger partial charge on any atom is 0.268 e. The normalized spacial score (nSPS) is 13.6. The Kier molecular flexibility index (Phi) is 5.59. The highest BCUT2D eigenvalue weighted by molar-refractivity contribution is 5.95. The third kappa shape index (κ3) is 3.79. The number of amides is 1. The van der Waals surface area contributed by atoms with Crippen LogP contribution in [0.15, 0.2) is 24.3 Å². The molecule has 25 heavy (non-hydrogen) atoms. The predicted octanol–water partition coefficient (Wildman–Crippen LogP) is 3.41. The van der Waals surface area contributed by atoms with Gasteiger partial charge in [0.1, 0.15) is 5.69 Å². The Hall–Kier alpha value is -2.07. The van der Waals surface area contributed by atoms with E-state index in [1.54, 1.807) is 7.11 Å². The maximum atomic E-state index is 12.8. The van der Waals surface area contributed by atoms with E-state index < -0.39 is 0 Å². The Labute approximate surface area is 150 Å². The lowest BCUT2D eigenvalue weighted by atomic mass is 9.95. The molecule has 1 N–H and O–H groups in total. The molecule has 0 fully saturated rings. The fourth-order valence-electron chi connectivity index (χ4n) is 3.77. The summed E-state index contributed by atoms with van der Waals surface area (Å²) in [7, 11) is 1.65. The average Bonchev–Trinajstić information content (AvgIpc) is 2.90. The van der Waals surface area contributed by atoms with Crippen LogP contribution in [0.5, 0.6) is 0 Å². The van der Waals surface area contributed by atoms with Crippen molar-refractivity contribution in [2.45, 2.75) is 46.1 Å². The molecule has 0 radical (unpaired) electrons. The lowest BCUT2D eigenvalue weighted by molar-refractivity contribution is 0.0927. The first-order valence-corrected chi connectivity index (χ1v) is 9.15. The third-order valence-corrected chi connectivity index (χ3v) is 5.11. The second kappa shape index (κ2) is 7.87. The lowest BCUT2D eigenvalue weighted by Crippen LogP contribution is -2.30. The summed E-state index contributed by atoms with van der Waals surface area (Å²) in [6.07, 6.45) is 4.57. The molecule has 0 aliphatic heterocycles. The van der Waals surface area contributed by atoms with Crippen molar-refractivity contribution in [2.75, 3.05) is 20.3 Å². The average molecular weight is 340 g/mol. The van der Waals surface area contributed by atoms with Crippen LogP contribution in [0, 0.1) is 13.8 Å². The lowest BCUT2D eigenvalue weighted by Gasteiger charge is -2.17. The quantitative estimate of drug-likeness (QED) is 0.819. The first-order chi connectivity index (χ1) is 12.1. The van der Waals surface area contributed by atoms with Gasteiger partial charge in [0.05, 0.1) is 6.61 Å². The van der Waals surface area contributed by atoms with Crippen LogP contribution in [0.4, 0.5) is 0 Å². The number of nitrogens with one attached hydrogen (secondary N) is 1. The van der Waals surface area contributed by atoms with Crippen molar-refractivity contribution in [2.24, 2.45) is 0 Å². The molecular weight excluding hydrogens is 312 g/mol. The number of aryl methyl sites for hydroxylation is 1. The van der Waals surface area contributed by atoms with Crippen molar-refractivity contribution in [3.63, 3.8) is 0 Å². The molecule has 1 amide bonds. The van der Waals surface area contributed by atoms with E-state index in [0.717, 1.165) is 30.6 Å². The Morgan fingerprint density at radius 1 is 1.16 bits per heavy atom. The van der Waals surface area contributed by atoms with Crippen molar-refractivity contribution in [3.8, 4) is 0 Å². The summed E-state index contributed by atoms with van der Waals surface area (Å²) >= 11 is 0. The molecule has 4 heteroatoms. The first kappa shape index (κ1) is 17.7. The molecular formula is C21H28N2O2. The molecule has 1 heterocycles.